The number of Topliss-reactive ketones (excluding diaryl/α,β-unsaturated/α-hetero) is 1. The summed E-state index contributed by atoms with van der Waals surface area (Å²) in [7, 11) is 1.15. The zero-order valence-corrected chi connectivity index (χ0v) is 57.5. The Morgan fingerprint density at radius 2 is 1.34 bits per heavy atom. The maximum Gasteiger partial charge on any atom is 0.407 e. The molecule has 96 heavy (non-hydrogen) atoms. The van der Waals surface area contributed by atoms with Gasteiger partial charge in [0.25, 0.3) is 0 Å². The number of nitrogens with one attached hydrogen (secondary N) is 1. The first-order valence-electron chi connectivity index (χ1n) is 34.2. The van der Waals surface area contributed by atoms with Gasteiger partial charge in [0.15, 0.2) is 48.9 Å². The van der Waals surface area contributed by atoms with Gasteiger partial charge < -0.3 is 87.3 Å². The molecule has 1 spiro atoms. The van der Waals surface area contributed by atoms with E-state index < -0.39 is 203 Å². The van der Waals surface area contributed by atoms with Gasteiger partial charge in [-0.1, -0.05) is 62.8 Å². The van der Waals surface area contributed by atoms with E-state index in [-0.39, 0.29) is 49.7 Å². The second-order valence-corrected chi connectivity index (χ2v) is 29.0. The number of methoxy groups -OCH3 is 1. The first-order chi connectivity index (χ1) is 45.3. The predicted octanol–water partition coefficient (Wildman–Crippen LogP) is 7.31. The minimum atomic E-state index is -2.15. The number of carbonyl (C=O) groups excluding carboxylic acids is 5. The van der Waals surface area contributed by atoms with Crippen molar-refractivity contribution in [2.24, 2.45) is 40.9 Å². The molecule has 26 nitrogen and oxygen atoms in total. The van der Waals surface area contributed by atoms with Crippen LogP contribution in [0, 0.1) is 51.0 Å². The van der Waals surface area contributed by atoms with Gasteiger partial charge in [-0.05, 0) is 116 Å². The summed E-state index contributed by atoms with van der Waals surface area (Å²) >= 11 is 0. The van der Waals surface area contributed by atoms with Crippen molar-refractivity contribution in [2.75, 3.05) is 7.11 Å². The third-order valence-electron chi connectivity index (χ3n) is 22.1. The van der Waals surface area contributed by atoms with Crippen LogP contribution >= 0.6 is 0 Å². The number of esters is 2. The molecule has 10 aliphatic rings. The van der Waals surface area contributed by atoms with Crippen LogP contribution in [0.5, 0.6) is 0 Å². The fraction of sp³-hybridized carbons (Fsp3) is 0.757. The van der Waals surface area contributed by atoms with Crippen molar-refractivity contribution >= 4 is 29.6 Å². The van der Waals surface area contributed by atoms with E-state index >= 15 is 4.79 Å². The summed E-state index contributed by atoms with van der Waals surface area (Å²) in [6.45, 7) is 22.5. The molecule has 29 atom stereocenters. The molecule has 0 radical (unpaired) electrons. The maximum absolute atomic E-state index is 15.8. The Balaban J connectivity index is 0.920. The van der Waals surface area contributed by atoms with Crippen LogP contribution in [0.1, 0.15) is 154 Å². The number of fused-ring (bicyclic) bond motifs is 4. The van der Waals surface area contributed by atoms with Gasteiger partial charge in [-0.15, -0.1) is 0 Å². The van der Waals surface area contributed by atoms with E-state index in [0.29, 0.717) is 43.3 Å². The fourth-order valence-electron chi connectivity index (χ4n) is 17.2. The predicted molar refractivity (Wildman–Crippen MR) is 339 cm³/mol. The van der Waals surface area contributed by atoms with Crippen molar-refractivity contribution in [1.29, 1.82) is 0 Å². The van der Waals surface area contributed by atoms with E-state index in [4.69, 9.17) is 61.6 Å². The molecule has 7 fully saturated rings. The van der Waals surface area contributed by atoms with Gasteiger partial charge in [0, 0.05) is 68.1 Å². The number of carbonyl (C=O) groups is 5. The normalized spacial score (nSPS) is 45.8. The number of ketones is 2. The molecule has 1 saturated carbocycles. The van der Waals surface area contributed by atoms with Crippen molar-refractivity contribution in [3.05, 3.63) is 80.7 Å². The summed E-state index contributed by atoms with van der Waals surface area (Å²) in [4.78, 5) is 80.8. The van der Waals surface area contributed by atoms with Crippen LogP contribution < -0.4 is 5.32 Å². The largest absolute Gasteiger partial charge is 0.511 e. The number of rotatable bonds is 15. The monoisotopic (exact) mass is 1350 g/mol. The number of ether oxygens (including phenoxy) is 13. The first kappa shape index (κ1) is 73.4. The van der Waals surface area contributed by atoms with Gasteiger partial charge in [-0.25, -0.2) is 9.59 Å². The van der Waals surface area contributed by atoms with Gasteiger partial charge >= 0.3 is 18.0 Å². The molecule has 0 unspecified atom stereocenters. The van der Waals surface area contributed by atoms with Crippen molar-refractivity contribution in [1.82, 2.24) is 5.32 Å². The van der Waals surface area contributed by atoms with E-state index in [1.165, 1.54) is 39.0 Å². The van der Waals surface area contributed by atoms with Gasteiger partial charge in [0.05, 0.1) is 86.6 Å². The molecule has 0 aromatic rings. The smallest absolute Gasteiger partial charge is 0.407 e. The minimum absolute atomic E-state index is 0.110. The van der Waals surface area contributed by atoms with E-state index in [9.17, 15) is 49.7 Å². The summed E-state index contributed by atoms with van der Waals surface area (Å²) in [5.41, 5.74) is -4.46. The highest BCUT2D eigenvalue weighted by molar-refractivity contribution is 6.26. The molecule has 4 aliphatic carbocycles. The van der Waals surface area contributed by atoms with Crippen molar-refractivity contribution in [2.45, 2.75) is 288 Å². The molecule has 0 aromatic carbocycles. The van der Waals surface area contributed by atoms with Crippen LogP contribution in [-0.2, 0) is 80.8 Å². The fourth-order valence-corrected chi connectivity index (χ4v) is 17.2. The number of alkyl carbamates (subject to hydrolysis) is 1. The lowest BCUT2D eigenvalue weighted by atomic mass is 9.49. The number of allylic oxidation sites excluding steroid dienone is 5. The summed E-state index contributed by atoms with van der Waals surface area (Å²) in [6, 6.07) is -1.12. The molecule has 1 amide bonds. The van der Waals surface area contributed by atoms with Gasteiger partial charge in [-0.3, -0.25) is 24.5 Å². The highest BCUT2D eigenvalue weighted by Gasteiger charge is 2.65. The summed E-state index contributed by atoms with van der Waals surface area (Å²) < 4.78 is 81.9. The van der Waals surface area contributed by atoms with Crippen molar-refractivity contribution in [3.8, 4) is 0 Å². The lowest BCUT2D eigenvalue weighted by Crippen LogP contribution is -2.65. The Morgan fingerprint density at radius 1 is 0.708 bits per heavy atom. The van der Waals surface area contributed by atoms with Crippen molar-refractivity contribution < 1.29 is 111 Å². The summed E-state index contributed by atoms with van der Waals surface area (Å²) in [6.07, 6.45) is -1.47. The number of aliphatic hydroxyl groups is 4. The third kappa shape index (κ3) is 14.8. The van der Waals surface area contributed by atoms with Gasteiger partial charge in [-0.2, -0.15) is 0 Å². The average Bonchev–Trinajstić information content (AvgIpc) is 1.48. The molecule has 6 saturated heterocycles. The van der Waals surface area contributed by atoms with E-state index in [1.54, 1.807) is 33.8 Å². The summed E-state index contributed by atoms with van der Waals surface area (Å²) in [5.74, 6) is -6.63. The number of hydrogen-bond donors (Lipinski definition) is 5. The number of nitrogens with zero attached hydrogens (tertiary/aromatic N) is 1. The molecular weight excluding hydrogens is 1250 g/mol. The molecule has 2 bridgehead atoms. The van der Waals surface area contributed by atoms with Crippen LogP contribution in [-0.4, -0.2) is 196 Å². The van der Waals surface area contributed by atoms with E-state index in [1.807, 2.05) is 39.8 Å². The first-order valence-corrected chi connectivity index (χ1v) is 34.2. The maximum atomic E-state index is 15.8. The molecule has 6 aliphatic heterocycles. The standard InChI is InChI=1S/C70H100N2O24/c1-32-15-21-50(91-57-31-68(12,72(82)83)63(41(10)89-57)71-67(81)84-14)33(2)26-46-48(76)27-43(17-16-36(5)73)30-70(46)65(79)58(66(80)96-70)64(78)69(13)45(32)19-18-44-59(69)34(3)25-35(4)60(44)95-56-29-52(62(40(9)88-56)90-42(11)74)93-53-24-22-51(38(7)86-53)92-55-28-49(77)61(39(8)87-55)94-54-23-20-47(75)37(6)85-54/h15-19,26-27,34-35,37-41,44-57,59-63,75-78H,20-25,28-31H2,1-14H3,(H,71,81)/b17-16+,32-15+,33-26?,64-58?/t34-,35-,37-,38-,39-,40-,41+,44-,45-,46+,47+,48-,49+,50-,51+,52+,53-,54-,55+,56-,57-,59+,60-,61-,62-,63-,68-,69+,70-/m0/s1. The Morgan fingerprint density at radius 3 is 2.00 bits per heavy atom. The molecule has 5 N–H and O–H groups in total. The van der Waals surface area contributed by atoms with Crippen LogP contribution in [0.15, 0.2) is 70.6 Å². The van der Waals surface area contributed by atoms with Crippen molar-refractivity contribution in [3.63, 3.8) is 0 Å². The second kappa shape index (κ2) is 29.5. The highest BCUT2D eigenvalue weighted by Crippen LogP contribution is 2.61. The summed E-state index contributed by atoms with van der Waals surface area (Å²) in [5, 5.41) is 62.5. The zero-order valence-electron chi connectivity index (χ0n) is 57.5. The minimum Gasteiger partial charge on any atom is -0.511 e. The topological polar surface area (TPSA) is 341 Å². The van der Waals surface area contributed by atoms with E-state index in [0.717, 1.165) is 12.7 Å². The van der Waals surface area contributed by atoms with Crippen LogP contribution in [0.2, 0.25) is 0 Å². The molecule has 10 rings (SSSR count). The van der Waals surface area contributed by atoms with Gasteiger partial charge in [0.1, 0.15) is 29.6 Å². The van der Waals surface area contributed by atoms with E-state index in [2.05, 4.69) is 25.2 Å². The SMILES string of the molecule is COC(=O)N[C@H]1[C@@H](C)O[C@@H](O[C@H]2C/C=C(\C)[C@@H]3C=C[C@@H]4[C@@H](O[C@H]5C[C@@H](O[C@H]6CC[C@@H](O[C@@H]7C[C@@H](O)[C@@H](O[C@H]8CC[C@@H](O)[C@H](C)O8)[C@H](C)O7)[C@H](C)O6)[C@@H](OC(C)=O)[C@H](C)O5)[C@@H](C)C[C@H](C)[C@H]4[C@]3(C)C(O)=C3C(=O)O[C@]4(CC(/C=C/C(C)=O)=C[C@H](O)[C@H]4C=C2C)C3=O)C[C@]1(C)[N+](=O)[O-]. The van der Waals surface area contributed by atoms with Gasteiger partial charge in [0.2, 0.25) is 11.3 Å². The lowest BCUT2D eigenvalue weighted by Gasteiger charge is -2.56. The number of aliphatic hydroxyl groups excluding tert-OH is 4. The third-order valence-corrected chi connectivity index (χ3v) is 22.1. The van der Waals surface area contributed by atoms with Crippen LogP contribution in [0.25, 0.3) is 0 Å². The molecule has 26 heteroatoms. The highest BCUT2D eigenvalue weighted by atomic mass is 16.8. The number of nitro groups is 1. The van der Waals surface area contributed by atoms with Crippen LogP contribution in [0.4, 0.5) is 4.79 Å². The zero-order chi connectivity index (χ0) is 69.8. The lowest BCUT2D eigenvalue weighted by molar-refractivity contribution is -0.584. The second-order valence-electron chi connectivity index (χ2n) is 29.0. The Hall–Kier alpha value is -5.33. The quantitative estimate of drug-likeness (QED) is 0.0204. The Labute approximate surface area is 560 Å². The molecular formula is C70H100N2O24. The molecule has 0 aromatic heterocycles. The average molecular weight is 1350 g/mol. The Bertz CT molecular complexity index is 3100. The number of amides is 1. The van der Waals surface area contributed by atoms with Crippen LogP contribution in [0.3, 0.4) is 0 Å². The number of hydrogen-bond acceptors (Lipinski definition) is 24. The Kier molecular flexibility index (Phi) is 22.5. The molecule has 6 heterocycles. The molecule has 534 valence electrons.